The minimum atomic E-state index is -0.348. The van der Waals surface area contributed by atoms with Gasteiger partial charge in [-0.25, -0.2) is 0 Å². The van der Waals surface area contributed by atoms with Crippen LogP contribution >= 0.6 is 0 Å². The third-order valence-electron chi connectivity index (χ3n) is 3.88. The smallest absolute Gasteiger partial charge is 0.277 e. The van der Waals surface area contributed by atoms with Crippen molar-refractivity contribution in [2.75, 3.05) is 18.5 Å². The molecule has 0 saturated carbocycles. The van der Waals surface area contributed by atoms with E-state index < -0.39 is 0 Å². The average molecular weight is 336 g/mol. The quantitative estimate of drug-likeness (QED) is 0.790. The molecule has 0 aliphatic carbocycles. The number of ether oxygens (including phenoxy) is 2. The number of rotatable bonds is 3. The standard InChI is InChI=1S/C19H16N2O4/c1-12-2-4-13(5-3-12)17-11-15(21-25-17)19(22)20-14-6-7-16-18(10-14)24-9-8-23-16/h2-7,10-11H,8-9H2,1H3,(H,20,22). The van der Waals surface area contributed by atoms with Gasteiger partial charge < -0.3 is 19.3 Å². The number of benzene rings is 2. The number of carbonyl (C=O) groups is 1. The largest absolute Gasteiger partial charge is 0.486 e. The number of fused-ring (bicyclic) bond motifs is 1. The number of anilines is 1. The normalized spacial score (nSPS) is 12.7. The maximum absolute atomic E-state index is 12.4. The summed E-state index contributed by atoms with van der Waals surface area (Å²) in [5.74, 6) is 1.49. The fourth-order valence-corrected chi connectivity index (χ4v) is 2.55. The van der Waals surface area contributed by atoms with Gasteiger partial charge in [0.05, 0.1) is 0 Å². The Labute approximate surface area is 144 Å². The van der Waals surface area contributed by atoms with Crippen molar-refractivity contribution in [2.24, 2.45) is 0 Å². The van der Waals surface area contributed by atoms with Gasteiger partial charge in [-0.1, -0.05) is 35.0 Å². The fraction of sp³-hybridized carbons (Fsp3) is 0.158. The van der Waals surface area contributed by atoms with Gasteiger partial charge in [-0.05, 0) is 19.1 Å². The van der Waals surface area contributed by atoms with E-state index in [1.807, 2.05) is 31.2 Å². The van der Waals surface area contributed by atoms with Crippen LogP contribution in [0.15, 0.2) is 53.1 Å². The Bertz CT molecular complexity index is 915. The first-order chi connectivity index (χ1) is 12.2. The molecule has 0 atom stereocenters. The van der Waals surface area contributed by atoms with Crippen LogP contribution in [0.1, 0.15) is 16.1 Å². The Morgan fingerprint density at radius 2 is 1.76 bits per heavy atom. The maximum Gasteiger partial charge on any atom is 0.277 e. The summed E-state index contributed by atoms with van der Waals surface area (Å²) in [6.07, 6.45) is 0. The van der Waals surface area contributed by atoms with Crippen molar-refractivity contribution < 1.29 is 18.8 Å². The molecule has 2 aromatic carbocycles. The first kappa shape index (κ1) is 15.3. The van der Waals surface area contributed by atoms with Crippen molar-refractivity contribution in [3.8, 4) is 22.8 Å². The topological polar surface area (TPSA) is 73.6 Å². The molecule has 0 fully saturated rings. The summed E-state index contributed by atoms with van der Waals surface area (Å²) in [4.78, 5) is 12.4. The van der Waals surface area contributed by atoms with E-state index in [9.17, 15) is 4.79 Å². The van der Waals surface area contributed by atoms with Crippen LogP contribution in [0.5, 0.6) is 11.5 Å². The Balaban J connectivity index is 1.51. The maximum atomic E-state index is 12.4. The summed E-state index contributed by atoms with van der Waals surface area (Å²) in [5.41, 5.74) is 2.84. The summed E-state index contributed by atoms with van der Waals surface area (Å²) in [6, 6.07) is 14.7. The van der Waals surface area contributed by atoms with E-state index in [-0.39, 0.29) is 11.6 Å². The number of nitrogens with one attached hydrogen (secondary N) is 1. The van der Waals surface area contributed by atoms with Crippen LogP contribution in [0.25, 0.3) is 11.3 Å². The zero-order chi connectivity index (χ0) is 17.2. The molecular weight excluding hydrogens is 320 g/mol. The molecule has 3 aromatic rings. The van der Waals surface area contributed by atoms with E-state index in [1.54, 1.807) is 24.3 Å². The molecule has 0 spiro atoms. The molecule has 1 aliphatic heterocycles. The summed E-state index contributed by atoms with van der Waals surface area (Å²) < 4.78 is 16.3. The molecule has 4 rings (SSSR count). The SMILES string of the molecule is Cc1ccc(-c2cc(C(=O)Nc3ccc4c(c3)OCCO4)no2)cc1. The van der Waals surface area contributed by atoms with E-state index in [2.05, 4.69) is 10.5 Å². The molecule has 25 heavy (non-hydrogen) atoms. The van der Waals surface area contributed by atoms with Crippen molar-refractivity contribution in [3.63, 3.8) is 0 Å². The molecule has 6 nitrogen and oxygen atoms in total. The monoisotopic (exact) mass is 336 g/mol. The highest BCUT2D eigenvalue weighted by Crippen LogP contribution is 2.32. The van der Waals surface area contributed by atoms with Crippen molar-refractivity contribution in [3.05, 3.63) is 59.8 Å². The third kappa shape index (κ3) is 3.19. The number of aryl methyl sites for hydroxylation is 1. The van der Waals surface area contributed by atoms with Gasteiger partial charge in [-0.15, -0.1) is 0 Å². The predicted molar refractivity (Wildman–Crippen MR) is 92.1 cm³/mol. The van der Waals surface area contributed by atoms with Crippen molar-refractivity contribution in [1.29, 1.82) is 0 Å². The molecule has 1 aliphatic rings. The minimum absolute atomic E-state index is 0.213. The molecule has 0 radical (unpaired) electrons. The van der Waals surface area contributed by atoms with Gasteiger partial charge in [0, 0.05) is 23.4 Å². The van der Waals surface area contributed by atoms with Gasteiger partial charge in [0.2, 0.25) is 0 Å². The number of hydrogen-bond acceptors (Lipinski definition) is 5. The van der Waals surface area contributed by atoms with Crippen LogP contribution in [-0.2, 0) is 0 Å². The summed E-state index contributed by atoms with van der Waals surface area (Å²) >= 11 is 0. The first-order valence-electron chi connectivity index (χ1n) is 7.94. The van der Waals surface area contributed by atoms with Gasteiger partial charge in [-0.2, -0.15) is 0 Å². The average Bonchev–Trinajstić information content (AvgIpc) is 3.12. The number of nitrogens with zero attached hydrogens (tertiary/aromatic N) is 1. The molecular formula is C19H16N2O4. The molecule has 2 heterocycles. The zero-order valence-corrected chi connectivity index (χ0v) is 13.6. The van der Waals surface area contributed by atoms with Gasteiger partial charge >= 0.3 is 0 Å². The number of amides is 1. The van der Waals surface area contributed by atoms with Crippen LogP contribution in [0.2, 0.25) is 0 Å². The highest BCUT2D eigenvalue weighted by Gasteiger charge is 2.16. The van der Waals surface area contributed by atoms with Crippen molar-refractivity contribution >= 4 is 11.6 Å². The number of hydrogen-bond donors (Lipinski definition) is 1. The zero-order valence-electron chi connectivity index (χ0n) is 13.6. The van der Waals surface area contributed by atoms with E-state index in [0.29, 0.717) is 36.2 Å². The van der Waals surface area contributed by atoms with Crippen molar-refractivity contribution in [1.82, 2.24) is 5.16 Å². The minimum Gasteiger partial charge on any atom is -0.486 e. The molecule has 0 bridgehead atoms. The summed E-state index contributed by atoms with van der Waals surface area (Å²) in [5, 5.41) is 6.64. The molecule has 6 heteroatoms. The van der Waals surface area contributed by atoms with Crippen LogP contribution in [0, 0.1) is 6.92 Å². The van der Waals surface area contributed by atoms with Gasteiger partial charge in [0.15, 0.2) is 23.0 Å². The predicted octanol–water partition coefficient (Wildman–Crippen LogP) is 3.67. The van der Waals surface area contributed by atoms with Crippen LogP contribution < -0.4 is 14.8 Å². The Morgan fingerprint density at radius 1 is 1.00 bits per heavy atom. The van der Waals surface area contributed by atoms with E-state index in [1.165, 1.54) is 0 Å². The lowest BCUT2D eigenvalue weighted by atomic mass is 10.1. The van der Waals surface area contributed by atoms with Crippen LogP contribution in [0.4, 0.5) is 5.69 Å². The molecule has 1 amide bonds. The van der Waals surface area contributed by atoms with Gasteiger partial charge in [0.1, 0.15) is 13.2 Å². The second-order valence-electron chi connectivity index (χ2n) is 5.75. The lowest BCUT2D eigenvalue weighted by Gasteiger charge is -2.18. The molecule has 0 saturated heterocycles. The highest BCUT2D eigenvalue weighted by molar-refractivity contribution is 6.03. The van der Waals surface area contributed by atoms with E-state index in [0.717, 1.165) is 11.1 Å². The van der Waals surface area contributed by atoms with Crippen LogP contribution in [-0.4, -0.2) is 24.3 Å². The van der Waals surface area contributed by atoms with Crippen molar-refractivity contribution in [2.45, 2.75) is 6.92 Å². The fourth-order valence-electron chi connectivity index (χ4n) is 2.55. The Hall–Kier alpha value is -3.28. The molecule has 0 unspecified atom stereocenters. The van der Waals surface area contributed by atoms with Gasteiger partial charge in [-0.3, -0.25) is 4.79 Å². The lowest BCUT2D eigenvalue weighted by molar-refractivity contribution is 0.101. The second kappa shape index (κ2) is 6.32. The summed E-state index contributed by atoms with van der Waals surface area (Å²) in [7, 11) is 0. The second-order valence-corrected chi connectivity index (χ2v) is 5.75. The Morgan fingerprint density at radius 3 is 2.56 bits per heavy atom. The highest BCUT2D eigenvalue weighted by atomic mass is 16.6. The van der Waals surface area contributed by atoms with Gasteiger partial charge in [0.25, 0.3) is 5.91 Å². The Kier molecular flexibility index (Phi) is 3.85. The number of aromatic nitrogens is 1. The van der Waals surface area contributed by atoms with E-state index >= 15 is 0 Å². The summed E-state index contributed by atoms with van der Waals surface area (Å²) in [6.45, 7) is 3.03. The number of carbonyl (C=O) groups excluding carboxylic acids is 1. The molecule has 1 N–H and O–H groups in total. The van der Waals surface area contributed by atoms with E-state index in [4.69, 9.17) is 14.0 Å². The molecule has 1 aromatic heterocycles. The van der Waals surface area contributed by atoms with Crippen LogP contribution in [0.3, 0.4) is 0 Å². The molecule has 126 valence electrons. The third-order valence-corrected chi connectivity index (χ3v) is 3.88. The first-order valence-corrected chi connectivity index (χ1v) is 7.94. The lowest BCUT2D eigenvalue weighted by Crippen LogP contribution is -2.16.